The third-order valence-corrected chi connectivity index (χ3v) is 4.25. The van der Waals surface area contributed by atoms with Gasteiger partial charge in [-0.25, -0.2) is 0 Å². The van der Waals surface area contributed by atoms with Gasteiger partial charge < -0.3 is 15.4 Å². The summed E-state index contributed by atoms with van der Waals surface area (Å²) in [6.45, 7) is 3.30. The normalized spacial score (nSPS) is 20.4. The van der Waals surface area contributed by atoms with Crippen molar-refractivity contribution >= 4 is 29.1 Å². The Morgan fingerprint density at radius 2 is 1.96 bits per heavy atom. The molecule has 2 unspecified atom stereocenters. The van der Waals surface area contributed by atoms with E-state index in [1.165, 1.54) is 6.92 Å². The van der Waals surface area contributed by atoms with Crippen LogP contribution in [0, 0.1) is 0 Å². The summed E-state index contributed by atoms with van der Waals surface area (Å²) in [5.74, 6) is -0.629. The van der Waals surface area contributed by atoms with E-state index in [0.29, 0.717) is 16.5 Å². The van der Waals surface area contributed by atoms with Crippen molar-refractivity contribution in [1.82, 2.24) is 5.32 Å². The summed E-state index contributed by atoms with van der Waals surface area (Å²) in [6.07, 6.45) is 0. The van der Waals surface area contributed by atoms with Gasteiger partial charge in [0.05, 0.1) is 11.7 Å². The van der Waals surface area contributed by atoms with Gasteiger partial charge in [0.2, 0.25) is 0 Å². The first-order chi connectivity index (χ1) is 11.4. The number of benzene rings is 2. The molecule has 0 saturated heterocycles. The number of amides is 2. The molecule has 0 saturated carbocycles. The Hall–Kier alpha value is -2.53. The zero-order valence-corrected chi connectivity index (χ0v) is 14.1. The van der Waals surface area contributed by atoms with E-state index < -0.39 is 17.4 Å². The molecule has 2 atom stereocenters. The molecular formula is C18H17ClN2O3. The van der Waals surface area contributed by atoms with Crippen LogP contribution in [0.1, 0.15) is 25.5 Å². The second-order valence-electron chi connectivity index (χ2n) is 5.84. The molecule has 2 aromatic rings. The third kappa shape index (κ3) is 2.95. The van der Waals surface area contributed by atoms with Crippen LogP contribution in [0.15, 0.2) is 48.5 Å². The van der Waals surface area contributed by atoms with Crippen LogP contribution in [-0.4, -0.2) is 17.4 Å². The average Bonchev–Trinajstić information content (AvgIpc) is 2.57. The van der Waals surface area contributed by atoms with E-state index in [-0.39, 0.29) is 6.04 Å². The SMILES string of the molecule is CC(NC(=O)C1(C)Oc2ccc(Cl)cc2NC1=O)c1ccccc1. The summed E-state index contributed by atoms with van der Waals surface area (Å²) >= 11 is 5.91. The van der Waals surface area contributed by atoms with Crippen molar-refractivity contribution in [2.75, 3.05) is 5.32 Å². The number of hydrogen-bond donors (Lipinski definition) is 2. The minimum atomic E-state index is -1.65. The molecule has 124 valence electrons. The third-order valence-electron chi connectivity index (χ3n) is 4.02. The topological polar surface area (TPSA) is 67.4 Å². The smallest absolute Gasteiger partial charge is 0.278 e. The standard InChI is InChI=1S/C18H17ClN2O3/c1-11(12-6-4-3-5-7-12)20-16(22)18(2)17(23)21-14-10-13(19)8-9-15(14)24-18/h3-11H,1-2H3,(H,20,22)(H,21,23). The van der Waals surface area contributed by atoms with Crippen LogP contribution in [0.25, 0.3) is 0 Å². The van der Waals surface area contributed by atoms with Gasteiger partial charge in [-0.3, -0.25) is 9.59 Å². The fourth-order valence-corrected chi connectivity index (χ4v) is 2.68. The van der Waals surface area contributed by atoms with Crippen molar-refractivity contribution in [2.45, 2.75) is 25.5 Å². The second-order valence-corrected chi connectivity index (χ2v) is 6.27. The monoisotopic (exact) mass is 344 g/mol. The zero-order chi connectivity index (χ0) is 17.3. The van der Waals surface area contributed by atoms with Gasteiger partial charge in [-0.05, 0) is 37.6 Å². The highest BCUT2D eigenvalue weighted by atomic mass is 35.5. The molecule has 6 heteroatoms. The lowest BCUT2D eigenvalue weighted by atomic mass is 10.00. The number of carbonyl (C=O) groups excluding carboxylic acids is 2. The summed E-state index contributed by atoms with van der Waals surface area (Å²) in [5, 5.41) is 5.98. The molecule has 2 amide bonds. The molecule has 0 bridgehead atoms. The van der Waals surface area contributed by atoms with Crippen molar-refractivity contribution < 1.29 is 14.3 Å². The van der Waals surface area contributed by atoms with Gasteiger partial charge in [-0.15, -0.1) is 0 Å². The van der Waals surface area contributed by atoms with Crippen molar-refractivity contribution in [2.24, 2.45) is 0 Å². The number of fused-ring (bicyclic) bond motifs is 1. The molecule has 2 N–H and O–H groups in total. The number of anilines is 1. The summed E-state index contributed by atoms with van der Waals surface area (Å²) < 4.78 is 5.70. The largest absolute Gasteiger partial charge is 0.466 e. The average molecular weight is 345 g/mol. The molecule has 1 aliphatic heterocycles. The predicted molar refractivity (Wildman–Crippen MR) is 92.1 cm³/mol. The second kappa shape index (κ2) is 6.17. The van der Waals surface area contributed by atoms with E-state index in [9.17, 15) is 9.59 Å². The van der Waals surface area contributed by atoms with Crippen molar-refractivity contribution in [3.63, 3.8) is 0 Å². The molecular weight excluding hydrogens is 328 g/mol. The van der Waals surface area contributed by atoms with Crippen molar-refractivity contribution in [3.05, 3.63) is 59.1 Å². The van der Waals surface area contributed by atoms with E-state index in [0.717, 1.165) is 5.56 Å². The van der Waals surface area contributed by atoms with Gasteiger partial charge in [-0.2, -0.15) is 0 Å². The van der Waals surface area contributed by atoms with Gasteiger partial charge in [0, 0.05) is 5.02 Å². The maximum atomic E-state index is 12.7. The van der Waals surface area contributed by atoms with Crippen LogP contribution in [0.5, 0.6) is 5.75 Å². The Labute approximate surface area is 145 Å². The Morgan fingerprint density at radius 1 is 1.25 bits per heavy atom. The Bertz CT molecular complexity index is 794. The minimum Gasteiger partial charge on any atom is -0.466 e. The van der Waals surface area contributed by atoms with E-state index in [1.54, 1.807) is 18.2 Å². The summed E-state index contributed by atoms with van der Waals surface area (Å²) in [7, 11) is 0. The number of ether oxygens (including phenoxy) is 1. The molecule has 0 spiro atoms. The van der Waals surface area contributed by atoms with Gasteiger partial charge in [0.25, 0.3) is 17.4 Å². The maximum Gasteiger partial charge on any atom is 0.278 e. The number of hydrogen-bond acceptors (Lipinski definition) is 3. The van der Waals surface area contributed by atoms with Crippen LogP contribution in [0.4, 0.5) is 5.69 Å². The Balaban J connectivity index is 1.81. The predicted octanol–water partition coefficient (Wildman–Crippen LogP) is 3.31. The highest BCUT2D eigenvalue weighted by Gasteiger charge is 2.47. The number of rotatable bonds is 3. The van der Waals surface area contributed by atoms with Crippen molar-refractivity contribution in [3.8, 4) is 5.75 Å². The van der Waals surface area contributed by atoms with Crippen LogP contribution in [0.2, 0.25) is 5.02 Å². The first kappa shape index (κ1) is 16.3. The van der Waals surface area contributed by atoms with Crippen LogP contribution in [-0.2, 0) is 9.59 Å². The first-order valence-electron chi connectivity index (χ1n) is 7.56. The lowest BCUT2D eigenvalue weighted by Crippen LogP contribution is -2.59. The first-order valence-corrected chi connectivity index (χ1v) is 7.94. The van der Waals surface area contributed by atoms with Gasteiger partial charge in [-0.1, -0.05) is 41.9 Å². The number of nitrogens with one attached hydrogen (secondary N) is 2. The lowest BCUT2D eigenvalue weighted by molar-refractivity contribution is -0.147. The Morgan fingerprint density at radius 3 is 2.67 bits per heavy atom. The van der Waals surface area contributed by atoms with E-state index >= 15 is 0 Å². The Kier molecular flexibility index (Phi) is 4.20. The molecule has 0 radical (unpaired) electrons. The molecule has 1 heterocycles. The zero-order valence-electron chi connectivity index (χ0n) is 13.3. The maximum absolute atomic E-state index is 12.7. The lowest BCUT2D eigenvalue weighted by Gasteiger charge is -2.34. The quantitative estimate of drug-likeness (QED) is 0.839. The molecule has 0 fully saturated rings. The summed E-state index contributed by atoms with van der Waals surface area (Å²) in [4.78, 5) is 25.1. The van der Waals surface area contributed by atoms with Gasteiger partial charge >= 0.3 is 0 Å². The molecule has 3 rings (SSSR count). The fourth-order valence-electron chi connectivity index (χ4n) is 2.51. The van der Waals surface area contributed by atoms with Crippen molar-refractivity contribution in [1.29, 1.82) is 0 Å². The molecule has 0 aromatic heterocycles. The van der Waals surface area contributed by atoms with Crippen LogP contribution >= 0.6 is 11.6 Å². The minimum absolute atomic E-state index is 0.251. The molecule has 2 aromatic carbocycles. The van der Waals surface area contributed by atoms with E-state index in [4.69, 9.17) is 16.3 Å². The van der Waals surface area contributed by atoms with Crippen LogP contribution < -0.4 is 15.4 Å². The molecule has 5 nitrogen and oxygen atoms in total. The highest BCUT2D eigenvalue weighted by molar-refractivity contribution is 6.31. The fraction of sp³-hybridized carbons (Fsp3) is 0.222. The number of carbonyl (C=O) groups is 2. The van der Waals surface area contributed by atoms with E-state index in [1.807, 2.05) is 37.3 Å². The summed E-state index contributed by atoms with van der Waals surface area (Å²) in [5.41, 5.74) is -0.254. The highest BCUT2D eigenvalue weighted by Crippen LogP contribution is 2.35. The van der Waals surface area contributed by atoms with Gasteiger partial charge in [0.1, 0.15) is 5.75 Å². The molecule has 0 aliphatic carbocycles. The summed E-state index contributed by atoms with van der Waals surface area (Å²) in [6, 6.07) is 14.1. The number of halogens is 1. The van der Waals surface area contributed by atoms with Gasteiger partial charge in [0.15, 0.2) is 0 Å². The van der Waals surface area contributed by atoms with E-state index in [2.05, 4.69) is 10.6 Å². The van der Waals surface area contributed by atoms with Crippen LogP contribution in [0.3, 0.4) is 0 Å². The molecule has 24 heavy (non-hydrogen) atoms. The molecule has 1 aliphatic rings.